The van der Waals surface area contributed by atoms with Crippen molar-refractivity contribution in [3.63, 3.8) is 0 Å². The normalized spacial score (nSPS) is 8.83. The van der Waals surface area contributed by atoms with Crippen molar-refractivity contribution in [3.05, 3.63) is 12.3 Å². The van der Waals surface area contributed by atoms with Crippen molar-refractivity contribution in [2.45, 2.75) is 0 Å². The van der Waals surface area contributed by atoms with Crippen LogP contribution in [0.25, 0.3) is 0 Å². The fraction of sp³-hybridized carbons (Fsp3) is 0. The summed E-state index contributed by atoms with van der Waals surface area (Å²) in [6.07, 6.45) is 1.72. The second-order valence-corrected chi connectivity index (χ2v) is 1.95. The quantitative estimate of drug-likeness (QED) is 0.472. The molecule has 1 rings (SSSR count). The average molecular weight is 142 g/mol. The van der Waals surface area contributed by atoms with Crippen LogP contribution in [0, 0.1) is 0 Å². The van der Waals surface area contributed by atoms with E-state index >= 15 is 0 Å². The third-order valence-electron chi connectivity index (χ3n) is 0.486. The van der Waals surface area contributed by atoms with Gasteiger partial charge < -0.3 is 0 Å². The molecule has 1 aromatic heterocycles. The molecule has 0 saturated carbocycles. The summed E-state index contributed by atoms with van der Waals surface area (Å²) in [5, 5.41) is 6.40. The molecule has 2 nitrogen and oxygen atoms in total. The SMILES string of the molecule is [As]c1ccn[nH]1. The van der Waals surface area contributed by atoms with Crippen molar-refractivity contribution in [3.8, 4) is 0 Å². The predicted molar refractivity (Wildman–Crippen MR) is 24.0 cm³/mol. The molecule has 0 amide bonds. The molecule has 0 aliphatic rings. The number of hydrogen-bond donors (Lipinski definition) is 1. The molecule has 1 N–H and O–H groups in total. The van der Waals surface area contributed by atoms with Crippen molar-refractivity contribution < 1.29 is 0 Å². The minimum atomic E-state index is 1.04. The Bertz CT molecular complexity index is 112. The van der Waals surface area contributed by atoms with Gasteiger partial charge in [-0.05, 0) is 0 Å². The van der Waals surface area contributed by atoms with Crippen molar-refractivity contribution in [2.75, 3.05) is 0 Å². The Morgan fingerprint density at radius 1 is 1.83 bits per heavy atom. The van der Waals surface area contributed by atoms with E-state index in [0.717, 1.165) is 4.48 Å². The van der Waals surface area contributed by atoms with Gasteiger partial charge in [-0.2, -0.15) is 0 Å². The zero-order valence-electron chi connectivity index (χ0n) is 3.05. The fourth-order valence-corrected chi connectivity index (χ4v) is 0.510. The van der Waals surface area contributed by atoms with Gasteiger partial charge in [-0.1, -0.05) is 0 Å². The van der Waals surface area contributed by atoms with Gasteiger partial charge in [-0.15, -0.1) is 0 Å². The molecule has 2 radical (unpaired) electrons. The summed E-state index contributed by atoms with van der Waals surface area (Å²) in [5.41, 5.74) is 0. The molecule has 0 saturated heterocycles. The van der Waals surface area contributed by atoms with Crippen LogP contribution in [0.3, 0.4) is 0 Å². The van der Waals surface area contributed by atoms with Gasteiger partial charge in [0.05, 0.1) is 0 Å². The number of H-pyrrole nitrogens is 1. The van der Waals surface area contributed by atoms with Crippen LogP contribution in [0.15, 0.2) is 12.3 Å². The Morgan fingerprint density at radius 2 is 2.67 bits per heavy atom. The van der Waals surface area contributed by atoms with Crippen molar-refractivity contribution in [1.82, 2.24) is 10.2 Å². The van der Waals surface area contributed by atoms with Gasteiger partial charge in [0.1, 0.15) is 0 Å². The maximum absolute atomic E-state index is 3.68. The summed E-state index contributed by atoms with van der Waals surface area (Å²) in [6, 6.07) is 1.89. The van der Waals surface area contributed by atoms with E-state index in [1.807, 2.05) is 6.07 Å². The van der Waals surface area contributed by atoms with Crippen LogP contribution in [0.5, 0.6) is 0 Å². The zero-order chi connectivity index (χ0) is 4.41. The van der Waals surface area contributed by atoms with E-state index in [1.54, 1.807) is 6.20 Å². The number of aromatic amines is 1. The van der Waals surface area contributed by atoms with Crippen LogP contribution >= 0.6 is 0 Å². The first kappa shape index (κ1) is 3.94. The molecule has 0 aliphatic carbocycles. The topological polar surface area (TPSA) is 28.7 Å². The molecular formula is C3H3AsN2. The van der Waals surface area contributed by atoms with Crippen molar-refractivity contribution >= 4 is 21.3 Å². The Hall–Kier alpha value is -0.232. The number of aromatic nitrogens is 2. The molecule has 0 atom stereocenters. The van der Waals surface area contributed by atoms with Crippen LogP contribution in [0.4, 0.5) is 0 Å². The van der Waals surface area contributed by atoms with Crippen LogP contribution in [0.2, 0.25) is 0 Å². The van der Waals surface area contributed by atoms with Gasteiger partial charge in [0.15, 0.2) is 0 Å². The molecule has 1 heterocycles. The number of nitrogens with one attached hydrogen (secondary N) is 1. The average Bonchev–Trinajstić information content (AvgIpc) is 1.86. The van der Waals surface area contributed by atoms with E-state index < -0.39 is 0 Å². The third-order valence-corrected chi connectivity index (χ3v) is 1.01. The zero-order valence-corrected chi connectivity index (χ0v) is 4.93. The molecule has 0 spiro atoms. The van der Waals surface area contributed by atoms with Crippen molar-refractivity contribution in [1.29, 1.82) is 0 Å². The second-order valence-electron chi connectivity index (χ2n) is 0.942. The summed E-state index contributed by atoms with van der Waals surface area (Å²) < 4.78 is 1.04. The van der Waals surface area contributed by atoms with Gasteiger partial charge in [0.25, 0.3) is 0 Å². The van der Waals surface area contributed by atoms with Crippen LogP contribution in [0.1, 0.15) is 0 Å². The second kappa shape index (κ2) is 1.48. The first-order valence-corrected chi connectivity index (χ1v) is 2.52. The monoisotopic (exact) mass is 142 g/mol. The molecule has 30 valence electrons. The molecule has 3 heteroatoms. The first-order valence-electron chi connectivity index (χ1n) is 1.58. The Balaban J connectivity index is 3.05. The van der Waals surface area contributed by atoms with E-state index in [2.05, 4.69) is 27.1 Å². The van der Waals surface area contributed by atoms with Crippen molar-refractivity contribution in [2.24, 2.45) is 0 Å². The van der Waals surface area contributed by atoms with E-state index in [1.165, 1.54) is 0 Å². The molecule has 0 fully saturated rings. The van der Waals surface area contributed by atoms with Gasteiger partial charge in [0, 0.05) is 0 Å². The molecule has 0 unspecified atom stereocenters. The molecular weight excluding hydrogens is 139 g/mol. The minimum absolute atomic E-state index is 1.04. The molecule has 0 bridgehead atoms. The predicted octanol–water partition coefficient (Wildman–Crippen LogP) is -0.797. The summed E-state index contributed by atoms with van der Waals surface area (Å²) in [7, 11) is 0. The molecule has 0 aliphatic heterocycles. The summed E-state index contributed by atoms with van der Waals surface area (Å²) in [6.45, 7) is 0. The van der Waals surface area contributed by atoms with E-state index in [-0.39, 0.29) is 0 Å². The van der Waals surface area contributed by atoms with E-state index in [0.29, 0.717) is 0 Å². The van der Waals surface area contributed by atoms with Crippen LogP contribution in [-0.4, -0.2) is 27.1 Å². The molecule has 1 aromatic rings. The maximum atomic E-state index is 3.68. The number of rotatable bonds is 0. The van der Waals surface area contributed by atoms with E-state index in [4.69, 9.17) is 0 Å². The summed E-state index contributed by atoms with van der Waals surface area (Å²) in [4.78, 5) is 0. The van der Waals surface area contributed by atoms with E-state index in [9.17, 15) is 0 Å². The molecule has 0 aromatic carbocycles. The third kappa shape index (κ3) is 0.630. The Kier molecular flexibility index (Phi) is 0.971. The summed E-state index contributed by atoms with van der Waals surface area (Å²) in [5.74, 6) is 0. The number of nitrogens with zero attached hydrogens (tertiary/aromatic N) is 1. The Morgan fingerprint density at radius 3 is 2.83 bits per heavy atom. The van der Waals surface area contributed by atoms with Crippen LogP contribution in [-0.2, 0) is 0 Å². The van der Waals surface area contributed by atoms with Gasteiger partial charge in [-0.3, -0.25) is 0 Å². The number of hydrogen-bond acceptors (Lipinski definition) is 1. The fourth-order valence-electron chi connectivity index (χ4n) is 0.249. The standard InChI is InChI=1S/C3H3AsN2/c4-3-1-2-5-6-3/h1-2H,(H,5,6). The van der Waals surface area contributed by atoms with Gasteiger partial charge >= 0.3 is 43.8 Å². The van der Waals surface area contributed by atoms with Gasteiger partial charge in [0.2, 0.25) is 0 Å². The Labute approximate surface area is 44.4 Å². The first-order chi connectivity index (χ1) is 2.89. The van der Waals surface area contributed by atoms with Crippen LogP contribution < -0.4 is 4.48 Å². The molecule has 6 heavy (non-hydrogen) atoms. The van der Waals surface area contributed by atoms with Gasteiger partial charge in [-0.25, -0.2) is 0 Å². The summed E-state index contributed by atoms with van der Waals surface area (Å²) >= 11 is 2.36.